The SMILES string of the molecule is CCC(C)N(CC)CCc1c[nH]c2cccc(OC)c12. The molecule has 20 heavy (non-hydrogen) atoms. The summed E-state index contributed by atoms with van der Waals surface area (Å²) in [6.07, 6.45) is 4.38. The van der Waals surface area contributed by atoms with E-state index in [1.54, 1.807) is 7.11 Å². The third kappa shape index (κ3) is 2.98. The second-order valence-electron chi connectivity index (χ2n) is 5.33. The first kappa shape index (κ1) is 14.9. The quantitative estimate of drug-likeness (QED) is 0.831. The van der Waals surface area contributed by atoms with Crippen LogP contribution in [0.2, 0.25) is 0 Å². The van der Waals surface area contributed by atoms with E-state index in [9.17, 15) is 0 Å². The summed E-state index contributed by atoms with van der Waals surface area (Å²) < 4.78 is 5.49. The summed E-state index contributed by atoms with van der Waals surface area (Å²) in [5.74, 6) is 0.963. The number of nitrogens with zero attached hydrogens (tertiary/aromatic N) is 1. The number of fused-ring (bicyclic) bond motifs is 1. The minimum Gasteiger partial charge on any atom is -0.496 e. The highest BCUT2D eigenvalue weighted by atomic mass is 16.5. The second-order valence-corrected chi connectivity index (χ2v) is 5.33. The van der Waals surface area contributed by atoms with Gasteiger partial charge in [0.25, 0.3) is 0 Å². The summed E-state index contributed by atoms with van der Waals surface area (Å²) in [4.78, 5) is 5.89. The summed E-state index contributed by atoms with van der Waals surface area (Å²) in [5.41, 5.74) is 2.50. The van der Waals surface area contributed by atoms with Gasteiger partial charge in [0.15, 0.2) is 0 Å². The number of aromatic amines is 1. The molecule has 0 bridgehead atoms. The Morgan fingerprint density at radius 2 is 2.10 bits per heavy atom. The van der Waals surface area contributed by atoms with Gasteiger partial charge in [-0.2, -0.15) is 0 Å². The first-order chi connectivity index (χ1) is 9.71. The largest absolute Gasteiger partial charge is 0.496 e. The Hall–Kier alpha value is -1.48. The molecule has 110 valence electrons. The van der Waals surface area contributed by atoms with Crippen LogP contribution in [0, 0.1) is 0 Å². The van der Waals surface area contributed by atoms with Gasteiger partial charge in [0.1, 0.15) is 5.75 Å². The molecule has 2 aromatic rings. The Kier molecular flexibility index (Phi) is 5.07. The highest BCUT2D eigenvalue weighted by Gasteiger charge is 2.13. The van der Waals surface area contributed by atoms with Crippen molar-refractivity contribution in [2.45, 2.75) is 39.7 Å². The fourth-order valence-electron chi connectivity index (χ4n) is 2.80. The molecule has 1 N–H and O–H groups in total. The topological polar surface area (TPSA) is 28.3 Å². The molecule has 1 aromatic heterocycles. The molecule has 0 spiro atoms. The number of ether oxygens (including phenoxy) is 1. The van der Waals surface area contributed by atoms with Gasteiger partial charge < -0.3 is 14.6 Å². The number of methoxy groups -OCH3 is 1. The van der Waals surface area contributed by atoms with E-state index in [-0.39, 0.29) is 0 Å². The van der Waals surface area contributed by atoms with E-state index in [2.05, 4.69) is 42.9 Å². The number of H-pyrrole nitrogens is 1. The zero-order chi connectivity index (χ0) is 14.5. The fraction of sp³-hybridized carbons (Fsp3) is 0.529. The van der Waals surface area contributed by atoms with Crippen molar-refractivity contribution in [3.63, 3.8) is 0 Å². The minimum absolute atomic E-state index is 0.645. The number of likely N-dealkylation sites (N-methyl/N-ethyl adjacent to an activating group) is 1. The van der Waals surface area contributed by atoms with Gasteiger partial charge in [-0.15, -0.1) is 0 Å². The predicted octanol–water partition coefficient (Wildman–Crippen LogP) is 3.84. The Bertz CT molecular complexity index is 547. The van der Waals surface area contributed by atoms with Gasteiger partial charge in [-0.3, -0.25) is 0 Å². The summed E-state index contributed by atoms with van der Waals surface area (Å²) >= 11 is 0. The average Bonchev–Trinajstić information content (AvgIpc) is 2.90. The van der Waals surface area contributed by atoms with Crippen molar-refractivity contribution >= 4 is 10.9 Å². The van der Waals surface area contributed by atoms with Crippen LogP contribution in [0.25, 0.3) is 10.9 Å². The maximum atomic E-state index is 5.49. The van der Waals surface area contributed by atoms with Crippen LogP contribution in [0.5, 0.6) is 5.75 Å². The van der Waals surface area contributed by atoms with Crippen LogP contribution in [-0.2, 0) is 6.42 Å². The lowest BCUT2D eigenvalue weighted by atomic mass is 10.1. The predicted molar refractivity (Wildman–Crippen MR) is 85.6 cm³/mol. The minimum atomic E-state index is 0.645. The summed E-state index contributed by atoms with van der Waals surface area (Å²) in [6.45, 7) is 8.99. The smallest absolute Gasteiger partial charge is 0.128 e. The lowest BCUT2D eigenvalue weighted by Crippen LogP contribution is -2.34. The van der Waals surface area contributed by atoms with Crippen molar-refractivity contribution in [2.24, 2.45) is 0 Å². The molecule has 1 aromatic carbocycles. The number of benzene rings is 1. The number of nitrogens with one attached hydrogen (secondary N) is 1. The van der Waals surface area contributed by atoms with E-state index >= 15 is 0 Å². The van der Waals surface area contributed by atoms with Crippen molar-refractivity contribution < 1.29 is 4.74 Å². The lowest BCUT2D eigenvalue weighted by Gasteiger charge is -2.26. The van der Waals surface area contributed by atoms with Crippen molar-refractivity contribution in [1.82, 2.24) is 9.88 Å². The molecular formula is C17H26N2O. The molecular weight excluding hydrogens is 248 g/mol. The zero-order valence-electron chi connectivity index (χ0n) is 13.1. The monoisotopic (exact) mass is 274 g/mol. The van der Waals surface area contributed by atoms with Crippen LogP contribution in [0.4, 0.5) is 0 Å². The number of hydrogen-bond donors (Lipinski definition) is 1. The summed E-state index contributed by atoms with van der Waals surface area (Å²) in [5, 5.41) is 1.23. The lowest BCUT2D eigenvalue weighted by molar-refractivity contribution is 0.217. The molecule has 3 nitrogen and oxygen atoms in total. The van der Waals surface area contributed by atoms with Crippen LogP contribution < -0.4 is 4.74 Å². The van der Waals surface area contributed by atoms with Crippen LogP contribution in [0.3, 0.4) is 0 Å². The number of aromatic nitrogens is 1. The third-order valence-electron chi connectivity index (χ3n) is 4.26. The van der Waals surface area contributed by atoms with Crippen LogP contribution in [0.1, 0.15) is 32.8 Å². The first-order valence-electron chi connectivity index (χ1n) is 7.58. The number of rotatable bonds is 7. The van der Waals surface area contributed by atoms with Crippen molar-refractivity contribution in [3.8, 4) is 5.75 Å². The summed E-state index contributed by atoms with van der Waals surface area (Å²) in [6, 6.07) is 6.81. The molecule has 0 aliphatic rings. The maximum Gasteiger partial charge on any atom is 0.128 e. The zero-order valence-corrected chi connectivity index (χ0v) is 13.1. The van der Waals surface area contributed by atoms with E-state index in [0.29, 0.717) is 6.04 Å². The molecule has 0 fully saturated rings. The van der Waals surface area contributed by atoms with E-state index in [1.807, 2.05) is 12.1 Å². The van der Waals surface area contributed by atoms with E-state index in [0.717, 1.165) is 30.8 Å². The third-order valence-corrected chi connectivity index (χ3v) is 4.26. The number of hydrogen-bond acceptors (Lipinski definition) is 2. The van der Waals surface area contributed by atoms with Crippen LogP contribution in [0.15, 0.2) is 24.4 Å². The molecule has 1 unspecified atom stereocenters. The Balaban J connectivity index is 2.17. The highest BCUT2D eigenvalue weighted by molar-refractivity contribution is 5.89. The normalized spacial score (nSPS) is 13.1. The van der Waals surface area contributed by atoms with E-state index < -0.39 is 0 Å². The second kappa shape index (κ2) is 6.80. The molecule has 2 rings (SSSR count). The molecule has 3 heteroatoms. The van der Waals surface area contributed by atoms with Gasteiger partial charge >= 0.3 is 0 Å². The average molecular weight is 274 g/mol. The first-order valence-corrected chi connectivity index (χ1v) is 7.58. The Morgan fingerprint density at radius 1 is 1.30 bits per heavy atom. The Labute approximate surface area is 121 Å². The Morgan fingerprint density at radius 3 is 2.75 bits per heavy atom. The van der Waals surface area contributed by atoms with Gasteiger partial charge in [0, 0.05) is 29.7 Å². The standard InChI is InChI=1S/C17H26N2O/c1-5-13(3)19(6-2)11-10-14-12-18-15-8-7-9-16(20-4)17(14)15/h7-9,12-13,18H,5-6,10-11H2,1-4H3. The van der Waals surface area contributed by atoms with Crippen molar-refractivity contribution in [3.05, 3.63) is 30.0 Å². The molecule has 0 aliphatic heterocycles. The van der Waals surface area contributed by atoms with Crippen molar-refractivity contribution in [1.29, 1.82) is 0 Å². The van der Waals surface area contributed by atoms with Crippen LogP contribution in [-0.4, -0.2) is 36.1 Å². The molecule has 0 aliphatic carbocycles. The van der Waals surface area contributed by atoms with Crippen LogP contribution >= 0.6 is 0 Å². The van der Waals surface area contributed by atoms with Gasteiger partial charge in [0.05, 0.1) is 7.11 Å². The highest BCUT2D eigenvalue weighted by Crippen LogP contribution is 2.28. The molecule has 1 heterocycles. The fourth-order valence-corrected chi connectivity index (χ4v) is 2.80. The van der Waals surface area contributed by atoms with Crippen molar-refractivity contribution in [2.75, 3.05) is 20.2 Å². The van der Waals surface area contributed by atoms with Gasteiger partial charge in [0.2, 0.25) is 0 Å². The molecule has 1 atom stereocenters. The van der Waals surface area contributed by atoms with E-state index in [4.69, 9.17) is 4.74 Å². The molecule has 0 radical (unpaired) electrons. The molecule has 0 saturated carbocycles. The molecule has 0 saturated heterocycles. The van der Waals surface area contributed by atoms with Gasteiger partial charge in [-0.25, -0.2) is 0 Å². The summed E-state index contributed by atoms with van der Waals surface area (Å²) in [7, 11) is 1.74. The van der Waals surface area contributed by atoms with E-state index in [1.165, 1.54) is 17.4 Å². The van der Waals surface area contributed by atoms with Gasteiger partial charge in [-0.05, 0) is 44.0 Å². The molecule has 0 amide bonds. The van der Waals surface area contributed by atoms with Gasteiger partial charge in [-0.1, -0.05) is 19.9 Å². The maximum absolute atomic E-state index is 5.49.